The van der Waals surface area contributed by atoms with Crippen molar-refractivity contribution in [2.24, 2.45) is 18.9 Å². The van der Waals surface area contributed by atoms with E-state index < -0.39 is 90.5 Å². The van der Waals surface area contributed by atoms with Crippen molar-refractivity contribution in [2.45, 2.75) is 70.1 Å². The number of aryl methyl sites for hydroxylation is 1. The highest BCUT2D eigenvalue weighted by Gasteiger charge is 2.42. The molecular formula is C29H29F11N6O3. The summed E-state index contributed by atoms with van der Waals surface area (Å²) >= 11 is 0. The van der Waals surface area contributed by atoms with Crippen molar-refractivity contribution < 1.29 is 62.6 Å². The summed E-state index contributed by atoms with van der Waals surface area (Å²) in [5, 5.41) is 7.02. The molecule has 1 saturated carbocycles. The quantitative estimate of drug-likeness (QED) is 0.194. The van der Waals surface area contributed by atoms with Gasteiger partial charge < -0.3 is 20.7 Å². The second-order valence-electron chi connectivity index (χ2n) is 11.4. The van der Waals surface area contributed by atoms with Crippen LogP contribution in [0.3, 0.4) is 0 Å². The van der Waals surface area contributed by atoms with Gasteiger partial charge in [-0.1, -0.05) is 6.07 Å². The van der Waals surface area contributed by atoms with E-state index in [0.717, 1.165) is 22.8 Å². The molecule has 0 spiro atoms. The number of imidazole rings is 1. The molecule has 1 fully saturated rings. The van der Waals surface area contributed by atoms with Crippen molar-refractivity contribution in [3.63, 3.8) is 0 Å². The number of benzene rings is 1. The Kier molecular flexibility index (Phi) is 10.9. The van der Waals surface area contributed by atoms with Gasteiger partial charge in [0.2, 0.25) is 17.7 Å². The summed E-state index contributed by atoms with van der Waals surface area (Å²) in [6.07, 6.45) is -17.7. The van der Waals surface area contributed by atoms with Crippen molar-refractivity contribution in [3.8, 4) is 5.88 Å². The highest BCUT2D eigenvalue weighted by molar-refractivity contribution is 5.99. The number of alkyl halides is 11. The summed E-state index contributed by atoms with van der Waals surface area (Å²) in [6.45, 7) is -1.13. The minimum atomic E-state index is -4.93. The molecule has 2 aromatic heterocycles. The molecule has 3 N–H and O–H groups in total. The fourth-order valence-corrected chi connectivity index (χ4v) is 5.11. The predicted octanol–water partition coefficient (Wildman–Crippen LogP) is 7.04. The molecule has 49 heavy (non-hydrogen) atoms. The van der Waals surface area contributed by atoms with Crippen LogP contribution in [0.15, 0.2) is 24.3 Å². The van der Waals surface area contributed by atoms with E-state index in [1.807, 2.05) is 5.32 Å². The Labute approximate surface area is 270 Å². The third-order valence-electron chi connectivity index (χ3n) is 7.91. The second kappa shape index (κ2) is 14.2. The number of aromatic nitrogens is 3. The molecule has 1 aromatic carbocycles. The molecule has 0 bridgehead atoms. The van der Waals surface area contributed by atoms with E-state index in [-0.39, 0.29) is 48.4 Å². The number of rotatable bonds is 10. The fraction of sp³-hybridized carbons (Fsp3) is 0.517. The maximum absolute atomic E-state index is 13.9. The standard InChI is InChI=1S/C29H29F11N6O3/c1-13(27(32,33)34)23(47)41-11-14-3-8-18(29(38,39)40)19(9-14)43-26-44-20-10-17(25(49-12-21(30)31)45-22(20)46(26)2)24(48)42-16-6-4-15(5-7-16)28(35,36)37/h3,8-10,13,15-16,21H,4-7,11-12H2,1-2H3,(H,41,47)(H,42,48)(H,43,44). The summed E-state index contributed by atoms with van der Waals surface area (Å²) in [4.78, 5) is 33.3. The number of pyridine rings is 1. The van der Waals surface area contributed by atoms with Gasteiger partial charge in [0.1, 0.15) is 17.0 Å². The fourth-order valence-electron chi connectivity index (χ4n) is 5.11. The molecule has 3 aromatic rings. The Balaban J connectivity index is 1.63. The number of ether oxygens (including phenoxy) is 1. The van der Waals surface area contributed by atoms with Crippen molar-refractivity contribution in [2.75, 3.05) is 11.9 Å². The van der Waals surface area contributed by atoms with Crippen molar-refractivity contribution in [3.05, 3.63) is 41.0 Å². The van der Waals surface area contributed by atoms with Crippen LogP contribution in [-0.4, -0.2) is 57.8 Å². The second-order valence-corrected chi connectivity index (χ2v) is 11.4. The molecule has 1 atom stereocenters. The lowest BCUT2D eigenvalue weighted by atomic mass is 9.85. The Morgan fingerprint density at radius 2 is 1.63 bits per heavy atom. The van der Waals surface area contributed by atoms with Crippen LogP contribution >= 0.6 is 0 Å². The lowest BCUT2D eigenvalue weighted by Gasteiger charge is -2.30. The van der Waals surface area contributed by atoms with Crippen LogP contribution in [0.4, 0.5) is 59.9 Å². The number of nitrogens with zero attached hydrogens (tertiary/aromatic N) is 3. The van der Waals surface area contributed by atoms with Gasteiger partial charge in [0.05, 0.1) is 17.2 Å². The molecule has 1 aliphatic rings. The van der Waals surface area contributed by atoms with Crippen LogP contribution in [0.5, 0.6) is 5.88 Å². The Morgan fingerprint density at radius 3 is 2.20 bits per heavy atom. The van der Waals surface area contributed by atoms with Crippen LogP contribution in [0.2, 0.25) is 0 Å². The first kappa shape index (κ1) is 37.4. The number of carbonyl (C=O) groups excluding carboxylic acids is 2. The molecule has 9 nitrogen and oxygen atoms in total. The molecule has 4 rings (SSSR count). The Hall–Kier alpha value is -4.39. The van der Waals surface area contributed by atoms with E-state index in [2.05, 4.69) is 20.6 Å². The zero-order chi connectivity index (χ0) is 36.5. The van der Waals surface area contributed by atoms with Gasteiger partial charge in [0, 0.05) is 19.6 Å². The number of hydrogen-bond acceptors (Lipinski definition) is 6. The molecule has 2 amide bonds. The van der Waals surface area contributed by atoms with Gasteiger partial charge in [-0.25, -0.2) is 13.8 Å². The number of nitrogens with one attached hydrogen (secondary N) is 3. The molecule has 1 unspecified atom stereocenters. The highest BCUT2D eigenvalue weighted by Crippen LogP contribution is 2.39. The van der Waals surface area contributed by atoms with Crippen LogP contribution in [0.1, 0.15) is 54.1 Å². The molecule has 1 aliphatic carbocycles. The van der Waals surface area contributed by atoms with Gasteiger partial charge in [-0.15, -0.1) is 0 Å². The molecular weight excluding hydrogens is 689 g/mol. The van der Waals surface area contributed by atoms with Crippen molar-refractivity contribution in [1.82, 2.24) is 25.2 Å². The van der Waals surface area contributed by atoms with E-state index in [4.69, 9.17) is 4.74 Å². The maximum atomic E-state index is 13.9. The molecule has 0 saturated heterocycles. The number of hydrogen-bond donors (Lipinski definition) is 3. The summed E-state index contributed by atoms with van der Waals surface area (Å²) < 4.78 is 152. The monoisotopic (exact) mass is 718 g/mol. The SMILES string of the molecule is CC(C(=O)NCc1ccc(C(F)(F)F)c(Nc2nc3cc(C(=O)NC4CCC(C(F)(F)F)CC4)c(OCC(F)F)nc3n2C)c1)C(F)(F)F. The largest absolute Gasteiger partial charge is 0.471 e. The van der Waals surface area contributed by atoms with E-state index in [1.165, 1.54) is 7.05 Å². The van der Waals surface area contributed by atoms with E-state index >= 15 is 0 Å². The first-order chi connectivity index (χ1) is 22.6. The van der Waals surface area contributed by atoms with E-state index in [1.54, 1.807) is 0 Å². The lowest BCUT2D eigenvalue weighted by Crippen LogP contribution is -2.40. The lowest BCUT2D eigenvalue weighted by molar-refractivity contribution is -0.182. The average Bonchev–Trinajstić information content (AvgIpc) is 3.30. The molecule has 20 heteroatoms. The van der Waals surface area contributed by atoms with Gasteiger partial charge in [-0.05, 0) is 56.4 Å². The third-order valence-corrected chi connectivity index (χ3v) is 7.91. The van der Waals surface area contributed by atoms with Gasteiger partial charge in [-0.3, -0.25) is 14.2 Å². The first-order valence-electron chi connectivity index (χ1n) is 14.6. The molecule has 0 aliphatic heterocycles. The number of amides is 2. The predicted molar refractivity (Wildman–Crippen MR) is 151 cm³/mol. The Bertz CT molecular complexity index is 1660. The Morgan fingerprint density at radius 1 is 0.980 bits per heavy atom. The van der Waals surface area contributed by atoms with Crippen LogP contribution in [-0.2, 0) is 24.6 Å². The van der Waals surface area contributed by atoms with Crippen LogP contribution in [0.25, 0.3) is 11.2 Å². The maximum Gasteiger partial charge on any atom is 0.418 e. The van der Waals surface area contributed by atoms with Gasteiger partial charge in [0.25, 0.3) is 12.3 Å². The zero-order valence-corrected chi connectivity index (χ0v) is 25.6. The minimum absolute atomic E-state index is 0.0118. The van der Waals surface area contributed by atoms with Gasteiger partial charge in [0.15, 0.2) is 12.3 Å². The van der Waals surface area contributed by atoms with Gasteiger partial charge in [-0.2, -0.15) is 44.5 Å². The van der Waals surface area contributed by atoms with Gasteiger partial charge >= 0.3 is 18.5 Å². The third kappa shape index (κ3) is 9.20. The van der Waals surface area contributed by atoms with Crippen LogP contribution in [0, 0.1) is 11.8 Å². The smallest absolute Gasteiger partial charge is 0.418 e. The zero-order valence-electron chi connectivity index (χ0n) is 25.6. The minimum Gasteiger partial charge on any atom is -0.471 e. The number of anilines is 2. The first-order valence-corrected chi connectivity index (χ1v) is 14.6. The summed E-state index contributed by atoms with van der Waals surface area (Å²) in [6, 6.07) is 2.91. The van der Waals surface area contributed by atoms with E-state index in [9.17, 15) is 57.9 Å². The van der Waals surface area contributed by atoms with Crippen LogP contribution < -0.4 is 20.7 Å². The van der Waals surface area contributed by atoms with E-state index in [0.29, 0.717) is 13.0 Å². The summed E-state index contributed by atoms with van der Waals surface area (Å²) in [7, 11) is 1.29. The summed E-state index contributed by atoms with van der Waals surface area (Å²) in [5.74, 6) is -7.12. The summed E-state index contributed by atoms with van der Waals surface area (Å²) in [5.41, 5.74) is -2.50. The number of carbonyl (C=O) groups is 2. The normalized spacial score (nSPS) is 18.0. The van der Waals surface area contributed by atoms with Crippen molar-refractivity contribution in [1.29, 1.82) is 0 Å². The highest BCUT2D eigenvalue weighted by atomic mass is 19.4. The number of halogens is 11. The molecule has 270 valence electrons. The molecule has 2 heterocycles. The molecule has 0 radical (unpaired) electrons. The van der Waals surface area contributed by atoms with Crippen molar-refractivity contribution >= 4 is 34.6 Å². The number of fused-ring (bicyclic) bond motifs is 1. The average molecular weight is 719 g/mol. The topological polar surface area (TPSA) is 110 Å².